The van der Waals surface area contributed by atoms with Crippen molar-refractivity contribution < 1.29 is 4.42 Å². The first kappa shape index (κ1) is 14.6. The first-order chi connectivity index (χ1) is 9.49. The monoisotopic (exact) mass is 294 g/mol. The summed E-state index contributed by atoms with van der Waals surface area (Å²) in [6.45, 7) is 6.53. The minimum absolute atomic E-state index is 0.540. The highest BCUT2D eigenvalue weighted by Crippen LogP contribution is 2.27. The molecule has 2 rings (SSSR count). The maximum atomic E-state index is 5.54. The number of nitrogens with one attached hydrogen (secondary N) is 1. The van der Waals surface area contributed by atoms with Gasteiger partial charge in [-0.3, -0.25) is 0 Å². The molecule has 2 aromatic rings. The second-order valence-corrected chi connectivity index (χ2v) is 5.31. The van der Waals surface area contributed by atoms with Gasteiger partial charge in [-0.05, 0) is 20.8 Å². The van der Waals surface area contributed by atoms with Crippen LogP contribution in [0.3, 0.4) is 0 Å². The summed E-state index contributed by atoms with van der Waals surface area (Å²) in [6.07, 6.45) is 0. The Morgan fingerprint density at radius 1 is 1.15 bits per heavy atom. The third kappa shape index (κ3) is 3.38. The highest BCUT2D eigenvalue weighted by Gasteiger charge is 2.13. The Balaban J connectivity index is 2.29. The number of rotatable bonds is 5. The summed E-state index contributed by atoms with van der Waals surface area (Å²) in [5, 5.41) is 4.19. The quantitative estimate of drug-likeness (QED) is 0.898. The molecule has 0 unspecified atom stereocenters. The smallest absolute Gasteiger partial charge is 0.264 e. The molecule has 2 heterocycles. The van der Waals surface area contributed by atoms with E-state index in [1.165, 1.54) is 11.8 Å². The Labute approximate surface area is 122 Å². The molecule has 0 atom stereocenters. The average Bonchev–Trinajstić information content (AvgIpc) is 2.68. The summed E-state index contributed by atoms with van der Waals surface area (Å²) in [4.78, 5) is 19.2. The fourth-order valence-corrected chi connectivity index (χ4v) is 2.16. The lowest BCUT2D eigenvalue weighted by atomic mass is 10.4. The Kier molecular flexibility index (Phi) is 4.43. The van der Waals surface area contributed by atoms with Gasteiger partial charge >= 0.3 is 0 Å². The largest absolute Gasteiger partial charge is 0.436 e. The Morgan fingerprint density at radius 3 is 2.45 bits per heavy atom. The summed E-state index contributed by atoms with van der Waals surface area (Å²) in [5.41, 5.74) is 0.876. The first-order valence-electron chi connectivity index (χ1n) is 6.28. The van der Waals surface area contributed by atoms with E-state index in [-0.39, 0.29) is 0 Å². The summed E-state index contributed by atoms with van der Waals surface area (Å²) in [5.74, 6) is 1.95. The van der Waals surface area contributed by atoms with E-state index in [0.29, 0.717) is 22.3 Å². The predicted octanol–water partition coefficient (Wildman–Crippen LogP) is 2.13. The third-order valence-electron chi connectivity index (χ3n) is 2.53. The van der Waals surface area contributed by atoms with Crippen molar-refractivity contribution in [1.82, 2.24) is 19.9 Å². The molecule has 0 aromatic carbocycles. The maximum absolute atomic E-state index is 5.54. The van der Waals surface area contributed by atoms with Gasteiger partial charge in [0.1, 0.15) is 5.76 Å². The van der Waals surface area contributed by atoms with Gasteiger partial charge in [0.2, 0.25) is 17.1 Å². The summed E-state index contributed by atoms with van der Waals surface area (Å²) < 4.78 is 5.54. The normalized spacial score (nSPS) is 10.7. The van der Waals surface area contributed by atoms with Gasteiger partial charge in [-0.2, -0.15) is 15.0 Å². The zero-order valence-electron chi connectivity index (χ0n) is 12.3. The van der Waals surface area contributed by atoms with Crippen molar-refractivity contribution in [3.8, 4) is 0 Å². The molecule has 108 valence electrons. The topological polar surface area (TPSA) is 80.0 Å². The molecule has 2 aromatic heterocycles. The van der Waals surface area contributed by atoms with Gasteiger partial charge in [0.25, 0.3) is 5.22 Å². The van der Waals surface area contributed by atoms with Crippen LogP contribution in [0.25, 0.3) is 0 Å². The van der Waals surface area contributed by atoms with Gasteiger partial charge < -0.3 is 14.6 Å². The molecule has 0 bridgehead atoms. The highest BCUT2D eigenvalue weighted by molar-refractivity contribution is 7.98. The Hall–Kier alpha value is -1.83. The molecule has 8 heteroatoms. The van der Waals surface area contributed by atoms with Crippen LogP contribution in [0.2, 0.25) is 0 Å². The number of hydrogen-bond donors (Lipinski definition) is 1. The maximum Gasteiger partial charge on any atom is 0.264 e. The van der Waals surface area contributed by atoms with Crippen molar-refractivity contribution in [2.45, 2.75) is 31.2 Å². The molecular weight excluding hydrogens is 276 g/mol. The fourth-order valence-electron chi connectivity index (χ4n) is 1.39. The molecule has 0 amide bonds. The summed E-state index contributed by atoms with van der Waals surface area (Å²) >= 11 is 1.29. The van der Waals surface area contributed by atoms with Gasteiger partial charge in [-0.15, -0.1) is 0 Å². The molecule has 20 heavy (non-hydrogen) atoms. The molecule has 0 saturated carbocycles. The number of aromatic nitrogens is 4. The van der Waals surface area contributed by atoms with Gasteiger partial charge in [0, 0.05) is 32.4 Å². The van der Waals surface area contributed by atoms with Gasteiger partial charge in [0.05, 0.1) is 5.69 Å². The van der Waals surface area contributed by atoms with E-state index in [9.17, 15) is 0 Å². The van der Waals surface area contributed by atoms with Crippen molar-refractivity contribution in [2.75, 3.05) is 30.9 Å². The molecule has 0 aliphatic rings. The van der Waals surface area contributed by atoms with Gasteiger partial charge in [-0.1, -0.05) is 0 Å². The molecule has 1 N–H and O–H groups in total. The van der Waals surface area contributed by atoms with Crippen LogP contribution in [0, 0.1) is 13.8 Å². The van der Waals surface area contributed by atoms with E-state index in [4.69, 9.17) is 4.42 Å². The van der Waals surface area contributed by atoms with Gasteiger partial charge in [-0.25, -0.2) is 4.98 Å². The summed E-state index contributed by atoms with van der Waals surface area (Å²) in [6, 6.07) is 0. The van der Waals surface area contributed by atoms with Crippen LogP contribution in [0.1, 0.15) is 18.4 Å². The standard InChI is InChI=1S/C12H18N6OS/c1-6-13-9-15-10(18(4)5)17-11(16-9)20-12-14-7(2)8(3)19-12/h6H2,1-5H3,(H,13,15,16,17). The number of hydrogen-bond acceptors (Lipinski definition) is 8. The van der Waals surface area contributed by atoms with Crippen LogP contribution >= 0.6 is 11.8 Å². The van der Waals surface area contributed by atoms with Crippen LogP contribution in [0.5, 0.6) is 0 Å². The van der Waals surface area contributed by atoms with E-state index in [0.717, 1.165) is 18.0 Å². The van der Waals surface area contributed by atoms with Crippen LogP contribution in [0.15, 0.2) is 14.8 Å². The molecule has 0 fully saturated rings. The second kappa shape index (κ2) is 6.08. The fraction of sp³-hybridized carbons (Fsp3) is 0.500. The number of anilines is 2. The van der Waals surface area contributed by atoms with Crippen molar-refractivity contribution in [2.24, 2.45) is 0 Å². The summed E-state index contributed by atoms with van der Waals surface area (Å²) in [7, 11) is 3.78. The minimum Gasteiger partial charge on any atom is -0.436 e. The molecule has 7 nitrogen and oxygen atoms in total. The Bertz CT molecular complexity index is 578. The molecule has 0 aliphatic carbocycles. The van der Waals surface area contributed by atoms with E-state index >= 15 is 0 Å². The van der Waals surface area contributed by atoms with Crippen molar-refractivity contribution in [1.29, 1.82) is 0 Å². The van der Waals surface area contributed by atoms with Crippen LogP contribution in [-0.4, -0.2) is 40.6 Å². The third-order valence-corrected chi connectivity index (χ3v) is 3.24. The van der Waals surface area contributed by atoms with E-state index in [1.807, 2.05) is 39.8 Å². The van der Waals surface area contributed by atoms with Gasteiger partial charge in [0.15, 0.2) is 0 Å². The lowest BCUT2D eigenvalue weighted by Gasteiger charge is -2.12. The average molecular weight is 294 g/mol. The van der Waals surface area contributed by atoms with Crippen LogP contribution in [0.4, 0.5) is 11.9 Å². The SMILES string of the molecule is CCNc1nc(Sc2nc(C)c(C)o2)nc(N(C)C)n1. The van der Waals surface area contributed by atoms with Crippen LogP contribution in [-0.2, 0) is 0 Å². The van der Waals surface area contributed by atoms with E-state index in [2.05, 4.69) is 25.3 Å². The second-order valence-electron chi connectivity index (χ2n) is 4.39. The molecular formula is C12H18N6OS. The zero-order chi connectivity index (χ0) is 14.7. The predicted molar refractivity (Wildman–Crippen MR) is 78.4 cm³/mol. The zero-order valence-corrected chi connectivity index (χ0v) is 13.1. The van der Waals surface area contributed by atoms with Crippen molar-refractivity contribution >= 4 is 23.7 Å². The molecule has 0 aliphatic heterocycles. The lowest BCUT2D eigenvalue weighted by molar-refractivity contribution is 0.430. The molecule has 0 radical (unpaired) electrons. The Morgan fingerprint density at radius 2 is 1.90 bits per heavy atom. The minimum atomic E-state index is 0.540. The van der Waals surface area contributed by atoms with Crippen molar-refractivity contribution in [3.05, 3.63) is 11.5 Å². The van der Waals surface area contributed by atoms with Crippen molar-refractivity contribution in [3.63, 3.8) is 0 Å². The first-order valence-corrected chi connectivity index (χ1v) is 7.10. The molecule has 0 spiro atoms. The van der Waals surface area contributed by atoms with Crippen LogP contribution < -0.4 is 10.2 Å². The number of oxazole rings is 1. The van der Waals surface area contributed by atoms with E-state index < -0.39 is 0 Å². The number of nitrogens with zero attached hydrogens (tertiary/aromatic N) is 5. The highest BCUT2D eigenvalue weighted by atomic mass is 32.2. The lowest BCUT2D eigenvalue weighted by Crippen LogP contribution is -2.15. The molecule has 0 saturated heterocycles. The van der Waals surface area contributed by atoms with E-state index in [1.54, 1.807) is 0 Å². The number of aryl methyl sites for hydroxylation is 2.